The molecule has 2 aromatic carbocycles. The molecule has 1 atom stereocenters. The summed E-state index contributed by atoms with van der Waals surface area (Å²) >= 11 is 0. The molecule has 3 heterocycles. The van der Waals surface area contributed by atoms with Gasteiger partial charge >= 0.3 is 0 Å². The first-order chi connectivity index (χ1) is 17.2. The molecule has 0 saturated heterocycles. The summed E-state index contributed by atoms with van der Waals surface area (Å²) in [5.41, 5.74) is 6.85. The van der Waals surface area contributed by atoms with Gasteiger partial charge in [-0.1, -0.05) is 58.0 Å². The highest BCUT2D eigenvalue weighted by molar-refractivity contribution is 5.83. The highest BCUT2D eigenvalue weighted by atomic mass is 16.1. The first-order valence-corrected chi connectivity index (χ1v) is 12.0. The fourth-order valence-corrected chi connectivity index (χ4v) is 3.98. The topological polar surface area (TPSA) is 113 Å². The quantitative estimate of drug-likeness (QED) is 0.304. The number of nitrogens with zero attached hydrogens (tertiary/aromatic N) is 5. The third-order valence-corrected chi connectivity index (χ3v) is 5.66. The third-order valence-electron chi connectivity index (χ3n) is 5.66. The minimum atomic E-state index is -0.301. The van der Waals surface area contributed by atoms with Crippen LogP contribution in [0.2, 0.25) is 0 Å². The fraction of sp³-hybridized carbons (Fsp3) is 0.269. The molecule has 0 saturated carbocycles. The number of hydrogen-bond donors (Lipinski definition) is 3. The van der Waals surface area contributed by atoms with Crippen LogP contribution in [-0.2, 0) is 6.42 Å². The molecule has 0 bridgehead atoms. The van der Waals surface area contributed by atoms with Crippen molar-refractivity contribution in [1.82, 2.24) is 29.6 Å². The number of imidazole rings is 1. The minimum Gasteiger partial charge on any atom is -0.358 e. The van der Waals surface area contributed by atoms with Crippen molar-refractivity contribution in [3.05, 3.63) is 82.9 Å². The molecule has 0 aliphatic heterocycles. The molecule has 0 aliphatic carbocycles. The van der Waals surface area contributed by atoms with Crippen LogP contribution in [0.1, 0.15) is 51.5 Å². The van der Waals surface area contributed by atoms with Gasteiger partial charge in [-0.25, -0.2) is 24.6 Å². The van der Waals surface area contributed by atoms with Gasteiger partial charge in [-0.05, 0) is 36.6 Å². The number of rotatable bonds is 7. The highest BCUT2D eigenvalue weighted by Gasteiger charge is 2.22. The largest absolute Gasteiger partial charge is 0.358 e. The zero-order valence-electron chi connectivity index (χ0n) is 20.4. The Morgan fingerprint density at radius 1 is 1.00 bits per heavy atom. The van der Waals surface area contributed by atoms with E-state index >= 15 is 0 Å². The van der Waals surface area contributed by atoms with E-state index in [0.717, 1.165) is 17.7 Å². The molecule has 35 heavy (non-hydrogen) atoms. The number of H-pyrrole nitrogens is 1. The number of aromatic amines is 1. The standard InChI is InChI=1S/C24H24N8O.C2H6/c1-3-15-9-8-12-18-19(15)24(33)32(31-16-10-6-5-7-11-16)23(30-18)17(4-2)29-22-20-21(26-13-25-20)27-14-28-22;1-2/h5-14,17,31H,3-4H2,1-2H3,(H2,25,26,27,28,29);1-2H3. The molecule has 3 N–H and O–H groups in total. The van der Waals surface area contributed by atoms with Gasteiger partial charge in [0.05, 0.1) is 29.0 Å². The predicted molar refractivity (Wildman–Crippen MR) is 141 cm³/mol. The summed E-state index contributed by atoms with van der Waals surface area (Å²) < 4.78 is 1.54. The van der Waals surface area contributed by atoms with Crippen LogP contribution in [0.4, 0.5) is 11.5 Å². The van der Waals surface area contributed by atoms with Crippen molar-refractivity contribution >= 4 is 33.6 Å². The molecule has 9 nitrogen and oxygen atoms in total. The van der Waals surface area contributed by atoms with E-state index in [4.69, 9.17) is 4.98 Å². The molecule has 3 aromatic heterocycles. The summed E-state index contributed by atoms with van der Waals surface area (Å²) in [6.45, 7) is 8.08. The third kappa shape index (κ3) is 4.70. The summed E-state index contributed by atoms with van der Waals surface area (Å²) in [7, 11) is 0. The Morgan fingerprint density at radius 2 is 1.80 bits per heavy atom. The van der Waals surface area contributed by atoms with Gasteiger partial charge in [0.25, 0.3) is 5.56 Å². The van der Waals surface area contributed by atoms with Gasteiger partial charge in [0.1, 0.15) is 11.8 Å². The Morgan fingerprint density at radius 3 is 2.54 bits per heavy atom. The molecule has 180 valence electrons. The summed E-state index contributed by atoms with van der Waals surface area (Å²) in [4.78, 5) is 34.6. The van der Waals surface area contributed by atoms with Gasteiger partial charge in [0, 0.05) is 0 Å². The number of anilines is 2. The van der Waals surface area contributed by atoms with Crippen LogP contribution in [0.25, 0.3) is 22.1 Å². The van der Waals surface area contributed by atoms with Gasteiger partial charge in [-0.2, -0.15) is 0 Å². The molecule has 5 aromatic rings. The maximum Gasteiger partial charge on any atom is 0.280 e. The molecule has 0 amide bonds. The van der Waals surface area contributed by atoms with E-state index in [0.29, 0.717) is 40.1 Å². The molecular weight excluding hydrogens is 440 g/mol. The lowest BCUT2D eigenvalue weighted by Gasteiger charge is -2.23. The van der Waals surface area contributed by atoms with Gasteiger partial charge in [0.15, 0.2) is 17.3 Å². The van der Waals surface area contributed by atoms with E-state index in [-0.39, 0.29) is 11.6 Å². The van der Waals surface area contributed by atoms with Crippen LogP contribution in [0.3, 0.4) is 0 Å². The highest BCUT2D eigenvalue weighted by Crippen LogP contribution is 2.25. The zero-order chi connectivity index (χ0) is 24.8. The summed E-state index contributed by atoms with van der Waals surface area (Å²) in [6, 6.07) is 15.1. The number of benzene rings is 2. The number of nitrogens with one attached hydrogen (secondary N) is 3. The summed E-state index contributed by atoms with van der Waals surface area (Å²) in [5.74, 6) is 1.17. The lowest BCUT2D eigenvalue weighted by molar-refractivity contribution is 0.640. The maximum atomic E-state index is 13.8. The molecule has 0 aliphatic rings. The van der Waals surface area contributed by atoms with Crippen LogP contribution in [0.15, 0.2) is 66.0 Å². The van der Waals surface area contributed by atoms with E-state index in [9.17, 15) is 4.79 Å². The average molecular weight is 471 g/mol. The van der Waals surface area contributed by atoms with Gasteiger partial charge in [-0.3, -0.25) is 10.2 Å². The molecule has 0 spiro atoms. The van der Waals surface area contributed by atoms with Crippen LogP contribution < -0.4 is 16.3 Å². The summed E-state index contributed by atoms with van der Waals surface area (Å²) in [5, 5.41) is 4.06. The number of aromatic nitrogens is 6. The summed E-state index contributed by atoms with van der Waals surface area (Å²) in [6.07, 6.45) is 4.46. The molecule has 0 fully saturated rings. The van der Waals surface area contributed by atoms with Gasteiger partial charge < -0.3 is 10.3 Å². The van der Waals surface area contributed by atoms with Gasteiger partial charge in [0.2, 0.25) is 0 Å². The van der Waals surface area contributed by atoms with Crippen molar-refractivity contribution in [2.24, 2.45) is 0 Å². The van der Waals surface area contributed by atoms with Crippen molar-refractivity contribution < 1.29 is 0 Å². The Kier molecular flexibility index (Phi) is 7.35. The Bertz CT molecular complexity index is 1480. The van der Waals surface area contributed by atoms with Crippen LogP contribution in [-0.4, -0.2) is 29.6 Å². The van der Waals surface area contributed by atoms with E-state index in [1.165, 1.54) is 6.33 Å². The maximum absolute atomic E-state index is 13.8. The van der Waals surface area contributed by atoms with Crippen molar-refractivity contribution in [1.29, 1.82) is 0 Å². The molecule has 1 unspecified atom stereocenters. The van der Waals surface area contributed by atoms with Crippen molar-refractivity contribution in [2.45, 2.75) is 46.6 Å². The van der Waals surface area contributed by atoms with E-state index in [2.05, 4.69) is 30.7 Å². The first kappa shape index (κ1) is 23.9. The average Bonchev–Trinajstić information content (AvgIpc) is 3.40. The Labute approximate surface area is 203 Å². The van der Waals surface area contributed by atoms with Gasteiger partial charge in [-0.15, -0.1) is 0 Å². The van der Waals surface area contributed by atoms with Crippen LogP contribution in [0.5, 0.6) is 0 Å². The molecular formula is C26H30N8O. The first-order valence-electron chi connectivity index (χ1n) is 12.0. The molecule has 0 radical (unpaired) electrons. The smallest absolute Gasteiger partial charge is 0.280 e. The van der Waals surface area contributed by atoms with Crippen LogP contribution >= 0.6 is 0 Å². The monoisotopic (exact) mass is 470 g/mol. The van der Waals surface area contributed by atoms with Crippen molar-refractivity contribution in [2.75, 3.05) is 10.7 Å². The normalized spacial score (nSPS) is 11.7. The predicted octanol–water partition coefficient (Wildman–Crippen LogP) is 5.09. The molecule has 5 rings (SSSR count). The zero-order valence-corrected chi connectivity index (χ0v) is 20.4. The van der Waals surface area contributed by atoms with Crippen LogP contribution in [0, 0.1) is 0 Å². The SMILES string of the molecule is CC.CCc1cccc2nc(C(CC)Nc3ncnc4nc[nH]c34)n(Nc3ccccc3)c(=O)c12. The van der Waals surface area contributed by atoms with Crippen molar-refractivity contribution in [3.63, 3.8) is 0 Å². The Hall–Kier alpha value is -4.27. The fourth-order valence-electron chi connectivity index (χ4n) is 3.98. The Balaban J connectivity index is 0.00000141. The second-order valence-corrected chi connectivity index (χ2v) is 7.68. The van der Waals surface area contributed by atoms with E-state index in [1.807, 2.05) is 76.2 Å². The molecule has 9 heteroatoms. The second-order valence-electron chi connectivity index (χ2n) is 7.68. The minimum absolute atomic E-state index is 0.133. The number of aryl methyl sites for hydroxylation is 1. The lowest BCUT2D eigenvalue weighted by Crippen LogP contribution is -2.34. The van der Waals surface area contributed by atoms with E-state index < -0.39 is 0 Å². The lowest BCUT2D eigenvalue weighted by atomic mass is 10.1. The second kappa shape index (κ2) is 10.8. The number of para-hydroxylation sites is 1. The van der Waals surface area contributed by atoms with E-state index in [1.54, 1.807) is 11.0 Å². The van der Waals surface area contributed by atoms with Crippen molar-refractivity contribution in [3.8, 4) is 0 Å². The number of fused-ring (bicyclic) bond motifs is 2. The number of hydrogen-bond acceptors (Lipinski definition) is 7.